The van der Waals surface area contributed by atoms with Gasteiger partial charge in [-0.1, -0.05) is 18.2 Å². The van der Waals surface area contributed by atoms with E-state index < -0.39 is 21.6 Å². The third-order valence-corrected chi connectivity index (χ3v) is 4.30. The molecule has 0 saturated heterocycles. The minimum absolute atomic E-state index is 0.0494. The summed E-state index contributed by atoms with van der Waals surface area (Å²) in [4.78, 5) is 11.1. The first kappa shape index (κ1) is 15.1. The topological polar surface area (TPSA) is 69.7 Å². The maximum atomic E-state index is 11.9. The van der Waals surface area contributed by atoms with Crippen molar-refractivity contribution in [3.05, 3.63) is 54.6 Å². The standard InChI is InChI=1S/C15H14O5S/c1-19-15(16)11-21(17,18)14-9-7-13(8-10-14)20-12-5-3-2-4-6-12/h2-10H,11H2,1H3. The van der Waals surface area contributed by atoms with Crippen molar-refractivity contribution in [2.24, 2.45) is 0 Å². The molecular weight excluding hydrogens is 292 g/mol. The molecule has 0 bridgehead atoms. The van der Waals surface area contributed by atoms with E-state index in [4.69, 9.17) is 4.74 Å². The molecule has 6 heteroatoms. The molecule has 0 unspecified atom stereocenters. The van der Waals surface area contributed by atoms with Crippen LogP contribution in [0.1, 0.15) is 0 Å². The summed E-state index contributed by atoms with van der Waals surface area (Å²) in [5.74, 6) is -0.303. The Morgan fingerprint density at radius 2 is 1.52 bits per heavy atom. The van der Waals surface area contributed by atoms with Crippen molar-refractivity contribution in [1.29, 1.82) is 0 Å². The van der Waals surface area contributed by atoms with E-state index >= 15 is 0 Å². The van der Waals surface area contributed by atoms with E-state index in [1.807, 2.05) is 18.2 Å². The number of carbonyl (C=O) groups is 1. The molecule has 0 amide bonds. The average Bonchev–Trinajstić information content (AvgIpc) is 2.48. The Labute approximate surface area is 123 Å². The maximum Gasteiger partial charge on any atom is 0.321 e. The first-order valence-electron chi connectivity index (χ1n) is 6.14. The summed E-state index contributed by atoms with van der Waals surface area (Å²) in [6.45, 7) is 0. The summed E-state index contributed by atoms with van der Waals surface area (Å²) in [5.41, 5.74) is 0. The number of esters is 1. The number of carbonyl (C=O) groups excluding carboxylic acids is 1. The fourth-order valence-electron chi connectivity index (χ4n) is 1.64. The van der Waals surface area contributed by atoms with Gasteiger partial charge >= 0.3 is 5.97 Å². The zero-order valence-corrected chi connectivity index (χ0v) is 12.2. The number of para-hydroxylation sites is 1. The van der Waals surface area contributed by atoms with Gasteiger partial charge in [-0.25, -0.2) is 8.42 Å². The molecule has 2 aromatic carbocycles. The zero-order valence-electron chi connectivity index (χ0n) is 11.4. The molecule has 0 aliphatic heterocycles. The Kier molecular flexibility index (Phi) is 4.59. The summed E-state index contributed by atoms with van der Waals surface area (Å²) in [6.07, 6.45) is 0. The highest BCUT2D eigenvalue weighted by Gasteiger charge is 2.19. The van der Waals surface area contributed by atoms with Gasteiger partial charge in [-0.05, 0) is 36.4 Å². The number of benzene rings is 2. The summed E-state index contributed by atoms with van der Waals surface area (Å²) in [7, 11) is -2.54. The van der Waals surface area contributed by atoms with E-state index in [-0.39, 0.29) is 4.90 Å². The Morgan fingerprint density at radius 3 is 2.10 bits per heavy atom. The predicted octanol–water partition coefficient (Wildman–Crippen LogP) is 2.43. The molecule has 21 heavy (non-hydrogen) atoms. The minimum atomic E-state index is -3.69. The second kappa shape index (κ2) is 6.41. The molecule has 5 nitrogen and oxygen atoms in total. The van der Waals surface area contributed by atoms with Gasteiger partial charge in [0.05, 0.1) is 12.0 Å². The number of hydrogen-bond donors (Lipinski definition) is 0. The van der Waals surface area contributed by atoms with Crippen LogP contribution >= 0.6 is 0 Å². The molecule has 0 spiro atoms. The fraction of sp³-hybridized carbons (Fsp3) is 0.133. The van der Waals surface area contributed by atoms with Gasteiger partial charge in [0.25, 0.3) is 0 Å². The summed E-state index contributed by atoms with van der Waals surface area (Å²) < 4.78 is 33.8. The highest BCUT2D eigenvalue weighted by molar-refractivity contribution is 7.92. The van der Waals surface area contributed by atoms with Crippen molar-refractivity contribution in [2.45, 2.75) is 4.90 Å². The van der Waals surface area contributed by atoms with Crippen LogP contribution in [0.25, 0.3) is 0 Å². The Hall–Kier alpha value is -2.34. The van der Waals surface area contributed by atoms with Crippen LogP contribution in [-0.4, -0.2) is 27.2 Å². The highest BCUT2D eigenvalue weighted by atomic mass is 32.2. The molecule has 0 aliphatic carbocycles. The lowest BCUT2D eigenvalue weighted by molar-refractivity contribution is -0.137. The van der Waals surface area contributed by atoms with Crippen molar-refractivity contribution in [1.82, 2.24) is 0 Å². The van der Waals surface area contributed by atoms with E-state index in [0.717, 1.165) is 7.11 Å². The average molecular weight is 306 g/mol. The lowest BCUT2D eigenvalue weighted by Crippen LogP contribution is -2.17. The second-order valence-electron chi connectivity index (χ2n) is 4.22. The molecular formula is C15H14O5S. The van der Waals surface area contributed by atoms with Crippen LogP contribution in [0.4, 0.5) is 0 Å². The van der Waals surface area contributed by atoms with Gasteiger partial charge in [0.2, 0.25) is 0 Å². The van der Waals surface area contributed by atoms with Crippen LogP contribution in [-0.2, 0) is 19.4 Å². The van der Waals surface area contributed by atoms with Crippen molar-refractivity contribution in [2.75, 3.05) is 12.9 Å². The van der Waals surface area contributed by atoms with Gasteiger partial charge in [-0.3, -0.25) is 4.79 Å². The molecule has 2 rings (SSSR count). The van der Waals surface area contributed by atoms with Gasteiger partial charge in [0.15, 0.2) is 15.6 Å². The predicted molar refractivity (Wildman–Crippen MR) is 77.0 cm³/mol. The number of hydrogen-bond acceptors (Lipinski definition) is 5. The number of methoxy groups -OCH3 is 1. The van der Waals surface area contributed by atoms with Gasteiger partial charge < -0.3 is 9.47 Å². The second-order valence-corrected chi connectivity index (χ2v) is 6.21. The SMILES string of the molecule is COC(=O)CS(=O)(=O)c1ccc(Oc2ccccc2)cc1. The number of ether oxygens (including phenoxy) is 2. The first-order valence-corrected chi connectivity index (χ1v) is 7.79. The molecule has 0 aromatic heterocycles. The molecule has 0 radical (unpaired) electrons. The van der Waals surface area contributed by atoms with Crippen molar-refractivity contribution < 1.29 is 22.7 Å². The first-order chi connectivity index (χ1) is 10.0. The van der Waals surface area contributed by atoms with Crippen molar-refractivity contribution in [3.63, 3.8) is 0 Å². The summed E-state index contributed by atoms with van der Waals surface area (Å²) in [6, 6.07) is 15.0. The molecule has 0 heterocycles. The van der Waals surface area contributed by atoms with Crippen LogP contribution in [0.15, 0.2) is 59.5 Å². The molecule has 110 valence electrons. The van der Waals surface area contributed by atoms with E-state index in [2.05, 4.69) is 4.74 Å². The van der Waals surface area contributed by atoms with Crippen LogP contribution in [0.5, 0.6) is 11.5 Å². The monoisotopic (exact) mass is 306 g/mol. The minimum Gasteiger partial charge on any atom is -0.468 e. The molecule has 0 N–H and O–H groups in total. The lowest BCUT2D eigenvalue weighted by atomic mass is 10.3. The van der Waals surface area contributed by atoms with Gasteiger partial charge in [-0.2, -0.15) is 0 Å². The van der Waals surface area contributed by atoms with E-state index in [1.54, 1.807) is 12.1 Å². The summed E-state index contributed by atoms with van der Waals surface area (Å²) in [5, 5.41) is 0. The Bertz CT molecular complexity index is 705. The fourth-order valence-corrected chi connectivity index (χ4v) is 2.78. The van der Waals surface area contributed by atoms with E-state index in [0.29, 0.717) is 11.5 Å². The van der Waals surface area contributed by atoms with Crippen molar-refractivity contribution >= 4 is 15.8 Å². The molecule has 0 aliphatic rings. The van der Waals surface area contributed by atoms with Gasteiger partial charge in [0, 0.05) is 0 Å². The smallest absolute Gasteiger partial charge is 0.321 e. The van der Waals surface area contributed by atoms with Crippen LogP contribution < -0.4 is 4.74 Å². The maximum absolute atomic E-state index is 11.9. The van der Waals surface area contributed by atoms with E-state index in [1.165, 1.54) is 24.3 Å². The lowest BCUT2D eigenvalue weighted by Gasteiger charge is -2.07. The number of sulfone groups is 1. The Balaban J connectivity index is 2.14. The Morgan fingerprint density at radius 1 is 0.952 bits per heavy atom. The zero-order chi connectivity index (χ0) is 15.3. The van der Waals surface area contributed by atoms with Crippen LogP contribution in [0.3, 0.4) is 0 Å². The van der Waals surface area contributed by atoms with Gasteiger partial charge in [-0.15, -0.1) is 0 Å². The number of rotatable bonds is 5. The van der Waals surface area contributed by atoms with Crippen molar-refractivity contribution in [3.8, 4) is 11.5 Å². The quantitative estimate of drug-likeness (QED) is 0.793. The normalized spacial score (nSPS) is 10.9. The van der Waals surface area contributed by atoms with Crippen LogP contribution in [0, 0.1) is 0 Å². The third kappa shape index (κ3) is 4.06. The van der Waals surface area contributed by atoms with Crippen LogP contribution in [0.2, 0.25) is 0 Å². The highest BCUT2D eigenvalue weighted by Crippen LogP contribution is 2.23. The molecule has 0 atom stereocenters. The van der Waals surface area contributed by atoms with Gasteiger partial charge in [0.1, 0.15) is 11.5 Å². The molecule has 2 aromatic rings. The molecule has 0 fully saturated rings. The summed E-state index contributed by atoms with van der Waals surface area (Å²) >= 11 is 0. The third-order valence-electron chi connectivity index (χ3n) is 2.70. The van der Waals surface area contributed by atoms with E-state index in [9.17, 15) is 13.2 Å². The molecule has 0 saturated carbocycles. The largest absolute Gasteiger partial charge is 0.468 e.